The second-order valence-corrected chi connectivity index (χ2v) is 5.82. The molecule has 0 amide bonds. The van der Waals surface area contributed by atoms with E-state index in [2.05, 4.69) is 29.1 Å². The number of rotatable bonds is 4. The van der Waals surface area contributed by atoms with Crippen LogP contribution in [0.1, 0.15) is 39.0 Å². The fraction of sp³-hybridized carbons (Fsp3) is 1.00. The summed E-state index contributed by atoms with van der Waals surface area (Å²) >= 11 is 0. The highest BCUT2D eigenvalue weighted by molar-refractivity contribution is 4.85. The lowest BCUT2D eigenvalue weighted by Gasteiger charge is -2.41. The minimum Gasteiger partial charge on any atom is -0.313 e. The molecule has 0 aliphatic carbocycles. The smallest absolute Gasteiger partial charge is 0.0195 e. The third kappa shape index (κ3) is 3.94. The Bertz CT molecular complexity index is 212. The van der Waals surface area contributed by atoms with Gasteiger partial charge in [0.1, 0.15) is 0 Å². The van der Waals surface area contributed by atoms with Crippen molar-refractivity contribution in [3.63, 3.8) is 0 Å². The predicted molar refractivity (Wildman–Crippen MR) is 73.4 cm³/mol. The molecule has 0 aromatic rings. The van der Waals surface area contributed by atoms with E-state index >= 15 is 0 Å². The van der Waals surface area contributed by atoms with E-state index in [0.717, 1.165) is 12.1 Å². The van der Waals surface area contributed by atoms with Gasteiger partial charge in [0, 0.05) is 18.6 Å². The number of nitrogens with zero attached hydrogens (tertiary/aromatic N) is 2. The van der Waals surface area contributed by atoms with Crippen molar-refractivity contribution in [2.75, 3.05) is 39.8 Å². The SMILES string of the molecule is CCCNC1CCCN(C2CCN(C)CC2)C1. The molecule has 1 atom stereocenters. The molecule has 2 fully saturated rings. The molecule has 2 rings (SSSR count). The Labute approximate surface area is 107 Å². The quantitative estimate of drug-likeness (QED) is 0.803. The summed E-state index contributed by atoms with van der Waals surface area (Å²) in [6.45, 7) is 8.63. The topological polar surface area (TPSA) is 18.5 Å². The van der Waals surface area contributed by atoms with E-state index in [1.165, 1.54) is 64.8 Å². The van der Waals surface area contributed by atoms with Gasteiger partial charge in [0.2, 0.25) is 0 Å². The highest BCUT2D eigenvalue weighted by Gasteiger charge is 2.27. The van der Waals surface area contributed by atoms with Gasteiger partial charge < -0.3 is 10.2 Å². The molecule has 2 heterocycles. The fourth-order valence-corrected chi connectivity index (χ4v) is 3.21. The average Bonchev–Trinajstić information content (AvgIpc) is 2.37. The van der Waals surface area contributed by atoms with E-state index in [-0.39, 0.29) is 0 Å². The van der Waals surface area contributed by atoms with Crippen LogP contribution in [0.2, 0.25) is 0 Å². The first-order valence-corrected chi connectivity index (χ1v) is 7.45. The summed E-state index contributed by atoms with van der Waals surface area (Å²) in [7, 11) is 2.25. The molecule has 3 heteroatoms. The van der Waals surface area contributed by atoms with Crippen molar-refractivity contribution in [1.82, 2.24) is 15.1 Å². The highest BCUT2D eigenvalue weighted by atomic mass is 15.2. The van der Waals surface area contributed by atoms with Crippen molar-refractivity contribution in [3.05, 3.63) is 0 Å². The van der Waals surface area contributed by atoms with Crippen molar-refractivity contribution in [2.24, 2.45) is 0 Å². The summed E-state index contributed by atoms with van der Waals surface area (Å²) in [6.07, 6.45) is 6.76. The van der Waals surface area contributed by atoms with Gasteiger partial charge in [-0.15, -0.1) is 0 Å². The normalized spacial score (nSPS) is 29.6. The number of hydrogen-bond acceptors (Lipinski definition) is 3. The minimum absolute atomic E-state index is 0.753. The molecule has 1 unspecified atom stereocenters. The lowest BCUT2D eigenvalue weighted by atomic mass is 9.98. The molecule has 0 bridgehead atoms. The second-order valence-electron chi connectivity index (χ2n) is 5.82. The van der Waals surface area contributed by atoms with Gasteiger partial charge in [0.25, 0.3) is 0 Å². The first-order chi connectivity index (χ1) is 8.29. The maximum absolute atomic E-state index is 3.70. The van der Waals surface area contributed by atoms with Gasteiger partial charge in [-0.05, 0) is 65.3 Å². The van der Waals surface area contributed by atoms with Gasteiger partial charge in [-0.3, -0.25) is 4.90 Å². The van der Waals surface area contributed by atoms with Crippen LogP contribution in [-0.4, -0.2) is 61.7 Å². The summed E-state index contributed by atoms with van der Waals surface area (Å²) in [5, 5.41) is 3.70. The number of piperidine rings is 2. The number of likely N-dealkylation sites (tertiary alicyclic amines) is 2. The van der Waals surface area contributed by atoms with Gasteiger partial charge in [-0.25, -0.2) is 0 Å². The zero-order valence-electron chi connectivity index (χ0n) is 11.6. The van der Waals surface area contributed by atoms with E-state index in [1.807, 2.05) is 0 Å². The Morgan fingerprint density at radius 3 is 2.59 bits per heavy atom. The van der Waals surface area contributed by atoms with Crippen LogP contribution in [0.15, 0.2) is 0 Å². The third-order valence-corrected chi connectivity index (χ3v) is 4.34. The summed E-state index contributed by atoms with van der Waals surface area (Å²) in [6, 6.07) is 1.61. The van der Waals surface area contributed by atoms with Crippen molar-refractivity contribution in [3.8, 4) is 0 Å². The molecule has 2 aliphatic heterocycles. The van der Waals surface area contributed by atoms with Crippen LogP contribution in [0.4, 0.5) is 0 Å². The molecule has 3 nitrogen and oxygen atoms in total. The van der Waals surface area contributed by atoms with Gasteiger partial charge in [-0.2, -0.15) is 0 Å². The largest absolute Gasteiger partial charge is 0.313 e. The second kappa shape index (κ2) is 6.72. The Morgan fingerprint density at radius 2 is 1.88 bits per heavy atom. The molecule has 0 saturated carbocycles. The van der Waals surface area contributed by atoms with Crippen LogP contribution in [0.25, 0.3) is 0 Å². The maximum atomic E-state index is 3.70. The fourth-order valence-electron chi connectivity index (χ4n) is 3.21. The molecule has 1 N–H and O–H groups in total. The van der Waals surface area contributed by atoms with Gasteiger partial charge in [0.15, 0.2) is 0 Å². The van der Waals surface area contributed by atoms with Gasteiger partial charge in [0.05, 0.1) is 0 Å². The van der Waals surface area contributed by atoms with E-state index in [0.29, 0.717) is 0 Å². The van der Waals surface area contributed by atoms with Crippen LogP contribution in [0.5, 0.6) is 0 Å². The average molecular weight is 239 g/mol. The number of hydrogen-bond donors (Lipinski definition) is 1. The summed E-state index contributed by atoms with van der Waals surface area (Å²) in [4.78, 5) is 5.22. The van der Waals surface area contributed by atoms with Gasteiger partial charge in [-0.1, -0.05) is 6.92 Å². The van der Waals surface area contributed by atoms with Crippen LogP contribution in [-0.2, 0) is 0 Å². The molecule has 0 spiro atoms. The Kier molecular flexibility index (Phi) is 5.26. The van der Waals surface area contributed by atoms with Crippen molar-refractivity contribution < 1.29 is 0 Å². The molecule has 2 saturated heterocycles. The number of nitrogens with one attached hydrogen (secondary N) is 1. The van der Waals surface area contributed by atoms with Crippen LogP contribution >= 0.6 is 0 Å². The summed E-state index contributed by atoms with van der Waals surface area (Å²) < 4.78 is 0. The zero-order valence-corrected chi connectivity index (χ0v) is 11.6. The Hall–Kier alpha value is -0.120. The zero-order chi connectivity index (χ0) is 12.1. The summed E-state index contributed by atoms with van der Waals surface area (Å²) in [5.74, 6) is 0. The van der Waals surface area contributed by atoms with Crippen molar-refractivity contribution in [1.29, 1.82) is 0 Å². The maximum Gasteiger partial charge on any atom is 0.0195 e. The van der Waals surface area contributed by atoms with E-state index in [4.69, 9.17) is 0 Å². The van der Waals surface area contributed by atoms with Crippen LogP contribution in [0.3, 0.4) is 0 Å². The molecule has 0 radical (unpaired) electrons. The van der Waals surface area contributed by atoms with Gasteiger partial charge >= 0.3 is 0 Å². The van der Waals surface area contributed by atoms with E-state index in [1.54, 1.807) is 0 Å². The molecule has 17 heavy (non-hydrogen) atoms. The molecule has 2 aliphatic rings. The first kappa shape index (κ1) is 13.3. The molecular formula is C14H29N3. The minimum atomic E-state index is 0.753. The highest BCUT2D eigenvalue weighted by Crippen LogP contribution is 2.20. The summed E-state index contributed by atoms with van der Waals surface area (Å²) in [5.41, 5.74) is 0. The lowest BCUT2D eigenvalue weighted by Crippen LogP contribution is -2.52. The molecule has 0 aromatic heterocycles. The Morgan fingerprint density at radius 1 is 1.12 bits per heavy atom. The first-order valence-electron chi connectivity index (χ1n) is 7.45. The van der Waals surface area contributed by atoms with Crippen LogP contribution in [0, 0.1) is 0 Å². The molecular weight excluding hydrogens is 210 g/mol. The molecule has 0 aromatic carbocycles. The predicted octanol–water partition coefficient (Wildman–Crippen LogP) is 1.54. The van der Waals surface area contributed by atoms with E-state index < -0.39 is 0 Å². The van der Waals surface area contributed by atoms with Crippen molar-refractivity contribution >= 4 is 0 Å². The third-order valence-electron chi connectivity index (χ3n) is 4.34. The van der Waals surface area contributed by atoms with Crippen molar-refractivity contribution in [2.45, 2.75) is 51.1 Å². The standard InChI is InChI=1S/C14H29N3/c1-3-8-15-13-5-4-9-17(12-13)14-6-10-16(2)11-7-14/h13-15H,3-12H2,1-2H3. The molecule has 100 valence electrons. The van der Waals surface area contributed by atoms with E-state index in [9.17, 15) is 0 Å². The van der Waals surface area contributed by atoms with Crippen LogP contribution < -0.4 is 5.32 Å². The Balaban J connectivity index is 1.76. The monoisotopic (exact) mass is 239 g/mol. The lowest BCUT2D eigenvalue weighted by molar-refractivity contribution is 0.0881.